The molecule has 1 N–H and O–H groups in total. The molecule has 1 amide bonds. The molecule has 2 aliphatic heterocycles. The number of nitrogens with one attached hydrogen (secondary N) is 1. The predicted octanol–water partition coefficient (Wildman–Crippen LogP) is 2.73. The molecular formula is C20H29N3O3. The summed E-state index contributed by atoms with van der Waals surface area (Å²) in [5, 5.41) is 9.14. The number of hydrogen-bond acceptors (Lipinski definition) is 5. The van der Waals surface area contributed by atoms with E-state index in [9.17, 15) is 9.59 Å². The van der Waals surface area contributed by atoms with Crippen LogP contribution in [-0.2, 0) is 14.3 Å². The Morgan fingerprint density at radius 1 is 1.38 bits per heavy atom. The van der Waals surface area contributed by atoms with E-state index in [2.05, 4.69) is 17.1 Å². The van der Waals surface area contributed by atoms with Crippen LogP contribution in [0.4, 0.5) is 0 Å². The summed E-state index contributed by atoms with van der Waals surface area (Å²) in [6.45, 7) is 12.8. The van der Waals surface area contributed by atoms with E-state index < -0.39 is 0 Å². The molecule has 1 saturated heterocycles. The molecule has 2 aliphatic rings. The smallest absolute Gasteiger partial charge is 0.249 e. The van der Waals surface area contributed by atoms with Crippen molar-refractivity contribution >= 4 is 18.9 Å². The number of amides is 1. The number of allylic oxidation sites excluding steroid dienone is 3. The Balaban J connectivity index is 2.63. The van der Waals surface area contributed by atoms with Crippen LogP contribution < -0.4 is 5.32 Å². The topological polar surface area (TPSA) is 71.0 Å². The van der Waals surface area contributed by atoms with Gasteiger partial charge in [-0.25, -0.2) is 0 Å². The number of ether oxygens (including phenoxy) is 1. The quantitative estimate of drug-likeness (QED) is 0.343. The molecule has 0 bridgehead atoms. The summed E-state index contributed by atoms with van der Waals surface area (Å²) in [4.78, 5) is 24.1. The van der Waals surface area contributed by atoms with E-state index >= 15 is 0 Å². The van der Waals surface area contributed by atoms with Crippen molar-refractivity contribution in [2.75, 3.05) is 13.2 Å². The monoisotopic (exact) mass is 359 g/mol. The Hall–Kier alpha value is -2.21. The van der Waals surface area contributed by atoms with Gasteiger partial charge in [-0.3, -0.25) is 14.6 Å². The molecule has 1 atom stereocenters. The first kappa shape index (κ1) is 20.1. The molecule has 6 heteroatoms. The minimum Gasteiger partial charge on any atom is -0.381 e. The summed E-state index contributed by atoms with van der Waals surface area (Å²) in [7, 11) is 0. The van der Waals surface area contributed by atoms with Crippen molar-refractivity contribution in [3.05, 3.63) is 34.1 Å². The van der Waals surface area contributed by atoms with Gasteiger partial charge in [0.25, 0.3) is 0 Å². The van der Waals surface area contributed by atoms with Crippen LogP contribution in [0.3, 0.4) is 0 Å². The van der Waals surface area contributed by atoms with Crippen molar-refractivity contribution in [1.29, 1.82) is 0 Å². The maximum Gasteiger partial charge on any atom is 0.249 e. The summed E-state index contributed by atoms with van der Waals surface area (Å²) < 4.78 is 5.46. The number of carbonyl (C=O) groups excluding carboxylic acids is 2. The second-order valence-corrected chi connectivity index (χ2v) is 6.88. The minimum absolute atomic E-state index is 0.0855. The van der Waals surface area contributed by atoms with Crippen molar-refractivity contribution in [3.63, 3.8) is 0 Å². The van der Waals surface area contributed by atoms with Gasteiger partial charge < -0.3 is 10.1 Å². The summed E-state index contributed by atoms with van der Waals surface area (Å²) in [6, 6.07) is -0.0862. The molecule has 0 aromatic rings. The standard InChI is InChI=1S/C20H29N3O3/c1-6-17-19(23(21-5)16-7-9-26-10-8-16)18(14(4)22-20(17)25)11-15(12-24)13(2)3/h11-12,14,16H,5-10H2,1-4H3,(H,22,25)/b18-11+. The first-order valence-corrected chi connectivity index (χ1v) is 9.16. The van der Waals surface area contributed by atoms with Crippen LogP contribution in [-0.4, -0.2) is 49.2 Å². The highest BCUT2D eigenvalue weighted by Crippen LogP contribution is 2.33. The van der Waals surface area contributed by atoms with Gasteiger partial charge in [-0.05, 0) is 46.1 Å². The highest BCUT2D eigenvalue weighted by molar-refractivity contribution is 5.97. The number of carbonyl (C=O) groups is 2. The molecular weight excluding hydrogens is 330 g/mol. The molecule has 0 saturated carbocycles. The first-order valence-electron chi connectivity index (χ1n) is 9.16. The predicted molar refractivity (Wildman–Crippen MR) is 103 cm³/mol. The third kappa shape index (κ3) is 4.12. The second-order valence-electron chi connectivity index (χ2n) is 6.88. The Morgan fingerprint density at radius 3 is 2.54 bits per heavy atom. The van der Waals surface area contributed by atoms with Crippen LogP contribution in [0.2, 0.25) is 0 Å². The van der Waals surface area contributed by atoms with E-state index in [4.69, 9.17) is 4.74 Å². The third-order valence-corrected chi connectivity index (χ3v) is 4.93. The highest BCUT2D eigenvalue weighted by Gasteiger charge is 2.34. The Kier molecular flexibility index (Phi) is 6.91. The van der Waals surface area contributed by atoms with Crippen LogP contribution in [0.25, 0.3) is 0 Å². The van der Waals surface area contributed by atoms with E-state index in [1.807, 2.05) is 38.8 Å². The molecule has 1 fully saturated rings. The molecule has 6 nitrogen and oxygen atoms in total. The zero-order valence-electron chi connectivity index (χ0n) is 16.2. The molecule has 142 valence electrons. The van der Waals surface area contributed by atoms with E-state index in [1.165, 1.54) is 0 Å². The molecule has 1 unspecified atom stereocenters. The fourth-order valence-electron chi connectivity index (χ4n) is 3.40. The molecule has 0 aromatic heterocycles. The number of aldehydes is 1. The lowest BCUT2D eigenvalue weighted by molar-refractivity contribution is -0.118. The fraction of sp³-hybridized carbons (Fsp3) is 0.550. The lowest BCUT2D eigenvalue weighted by Gasteiger charge is -2.39. The lowest BCUT2D eigenvalue weighted by atomic mass is 9.90. The maximum absolute atomic E-state index is 12.6. The van der Waals surface area contributed by atoms with Gasteiger partial charge in [0, 0.05) is 36.7 Å². The van der Waals surface area contributed by atoms with Crippen molar-refractivity contribution < 1.29 is 14.3 Å². The Morgan fingerprint density at radius 2 is 2.04 bits per heavy atom. The van der Waals surface area contributed by atoms with Crippen molar-refractivity contribution in [2.45, 2.75) is 59.0 Å². The molecule has 26 heavy (non-hydrogen) atoms. The molecule has 0 radical (unpaired) electrons. The van der Waals surface area contributed by atoms with Crippen LogP contribution in [0.1, 0.15) is 47.0 Å². The molecule has 0 aliphatic carbocycles. The largest absolute Gasteiger partial charge is 0.381 e. The normalized spacial score (nSPS) is 22.8. The van der Waals surface area contributed by atoms with Crippen LogP contribution in [0, 0.1) is 0 Å². The zero-order valence-corrected chi connectivity index (χ0v) is 16.2. The third-order valence-electron chi connectivity index (χ3n) is 4.93. The van der Waals surface area contributed by atoms with Gasteiger partial charge in [-0.15, -0.1) is 0 Å². The van der Waals surface area contributed by atoms with Crippen molar-refractivity contribution in [1.82, 2.24) is 10.3 Å². The van der Waals surface area contributed by atoms with Gasteiger partial charge in [0.1, 0.15) is 6.29 Å². The SMILES string of the molecule is C=NN(C1=C(CC)C(=O)NC(C)/C1=C\C(C=O)=C(C)C)C1CCOCC1. The number of hydrazone groups is 1. The van der Waals surface area contributed by atoms with Crippen LogP contribution in [0.15, 0.2) is 39.2 Å². The zero-order chi connectivity index (χ0) is 19.3. The first-order chi connectivity index (χ1) is 12.4. The summed E-state index contributed by atoms with van der Waals surface area (Å²) in [5.41, 5.74) is 3.90. The van der Waals surface area contributed by atoms with E-state index in [0.29, 0.717) is 30.8 Å². The summed E-state index contributed by atoms with van der Waals surface area (Å²) in [6.07, 6.45) is 4.95. The van der Waals surface area contributed by atoms with Crippen LogP contribution in [0.5, 0.6) is 0 Å². The second kappa shape index (κ2) is 8.94. The fourth-order valence-corrected chi connectivity index (χ4v) is 3.40. The molecule has 0 aromatic carbocycles. The van der Waals surface area contributed by atoms with Crippen molar-refractivity contribution in [3.8, 4) is 0 Å². The number of hydrogen-bond donors (Lipinski definition) is 1. The average molecular weight is 359 g/mol. The Bertz CT molecular complexity index is 666. The molecule has 0 spiro atoms. The molecule has 2 rings (SSSR count). The summed E-state index contributed by atoms with van der Waals surface area (Å²) >= 11 is 0. The van der Waals surface area contributed by atoms with Crippen molar-refractivity contribution in [2.24, 2.45) is 5.10 Å². The minimum atomic E-state index is -0.216. The van der Waals surface area contributed by atoms with E-state index in [1.54, 1.807) is 0 Å². The lowest BCUT2D eigenvalue weighted by Crippen LogP contribution is -2.46. The van der Waals surface area contributed by atoms with Crippen LogP contribution >= 0.6 is 0 Å². The van der Waals surface area contributed by atoms with E-state index in [0.717, 1.165) is 36.0 Å². The van der Waals surface area contributed by atoms with Gasteiger partial charge in [0.05, 0.1) is 17.8 Å². The average Bonchev–Trinajstić information content (AvgIpc) is 2.62. The van der Waals surface area contributed by atoms with E-state index in [-0.39, 0.29) is 18.0 Å². The van der Waals surface area contributed by atoms with Gasteiger partial charge in [-0.1, -0.05) is 12.5 Å². The van der Waals surface area contributed by atoms with Gasteiger partial charge in [-0.2, -0.15) is 5.10 Å². The summed E-state index contributed by atoms with van der Waals surface area (Å²) in [5.74, 6) is -0.0855. The number of nitrogens with zero attached hydrogens (tertiary/aromatic N) is 2. The Labute approximate surface area is 155 Å². The molecule has 2 heterocycles. The number of rotatable bonds is 6. The van der Waals surface area contributed by atoms with Gasteiger partial charge in [0.2, 0.25) is 5.91 Å². The maximum atomic E-state index is 12.6. The van der Waals surface area contributed by atoms with Gasteiger partial charge >= 0.3 is 0 Å². The highest BCUT2D eigenvalue weighted by atomic mass is 16.5. The van der Waals surface area contributed by atoms with Gasteiger partial charge in [0.15, 0.2) is 0 Å².